The maximum absolute atomic E-state index is 12.1. The predicted octanol–water partition coefficient (Wildman–Crippen LogP) is 4.39. The standard InChI is InChI=1S/C15H11BrClN3O2S/c16-11-5-6-13-14(9-11)19-15(18-13)20-23(21,22)8-7-10-3-1-2-4-12(10)17/h1-9H,(H2,18,19,20)/b8-7+. The number of benzene rings is 2. The highest BCUT2D eigenvalue weighted by Gasteiger charge is 2.10. The lowest BCUT2D eigenvalue weighted by Crippen LogP contribution is -2.09. The van der Waals surface area contributed by atoms with Gasteiger partial charge >= 0.3 is 0 Å². The molecule has 23 heavy (non-hydrogen) atoms. The molecule has 2 N–H and O–H groups in total. The number of hydrogen-bond donors (Lipinski definition) is 2. The molecular formula is C15H11BrClN3O2S. The third-order valence-electron chi connectivity index (χ3n) is 3.01. The van der Waals surface area contributed by atoms with E-state index in [1.165, 1.54) is 6.08 Å². The van der Waals surface area contributed by atoms with E-state index in [1.54, 1.807) is 30.3 Å². The number of nitrogens with zero attached hydrogens (tertiary/aromatic N) is 1. The molecule has 0 bridgehead atoms. The van der Waals surface area contributed by atoms with Gasteiger partial charge in [-0.15, -0.1) is 0 Å². The van der Waals surface area contributed by atoms with Crippen molar-refractivity contribution in [3.63, 3.8) is 0 Å². The SMILES string of the molecule is O=S(=O)(/C=C/c1ccccc1Cl)Nc1nc2ccc(Br)cc2[nH]1. The molecule has 0 aliphatic rings. The molecule has 5 nitrogen and oxygen atoms in total. The Kier molecular flexibility index (Phi) is 4.43. The summed E-state index contributed by atoms with van der Waals surface area (Å²) in [5.41, 5.74) is 2.02. The van der Waals surface area contributed by atoms with E-state index in [0.29, 0.717) is 16.1 Å². The zero-order chi connectivity index (χ0) is 16.4. The van der Waals surface area contributed by atoms with Gasteiger partial charge in [-0.3, -0.25) is 0 Å². The Bertz CT molecular complexity index is 999. The van der Waals surface area contributed by atoms with Crippen LogP contribution < -0.4 is 4.72 Å². The number of H-pyrrole nitrogens is 1. The number of nitrogens with one attached hydrogen (secondary N) is 2. The first-order valence-electron chi connectivity index (χ1n) is 6.54. The second kappa shape index (κ2) is 6.35. The number of imidazole rings is 1. The topological polar surface area (TPSA) is 74.8 Å². The quantitative estimate of drug-likeness (QED) is 0.667. The molecule has 0 aliphatic carbocycles. The first-order valence-corrected chi connectivity index (χ1v) is 9.25. The Morgan fingerprint density at radius 2 is 2.00 bits per heavy atom. The Labute approximate surface area is 146 Å². The molecule has 3 aromatic rings. The summed E-state index contributed by atoms with van der Waals surface area (Å²) in [6.07, 6.45) is 1.43. The highest BCUT2D eigenvalue weighted by molar-refractivity contribution is 9.10. The van der Waals surface area contributed by atoms with Crippen LogP contribution >= 0.6 is 27.5 Å². The van der Waals surface area contributed by atoms with Crippen molar-refractivity contribution >= 4 is 60.6 Å². The van der Waals surface area contributed by atoms with E-state index in [0.717, 1.165) is 15.4 Å². The zero-order valence-electron chi connectivity index (χ0n) is 11.6. The van der Waals surface area contributed by atoms with Crippen molar-refractivity contribution < 1.29 is 8.42 Å². The number of rotatable bonds is 4. The molecule has 0 saturated carbocycles. The van der Waals surface area contributed by atoms with Crippen LogP contribution in [0, 0.1) is 0 Å². The summed E-state index contributed by atoms with van der Waals surface area (Å²) >= 11 is 9.34. The number of hydrogen-bond acceptors (Lipinski definition) is 3. The van der Waals surface area contributed by atoms with Crippen LogP contribution in [0.1, 0.15) is 5.56 Å². The molecule has 0 radical (unpaired) electrons. The van der Waals surface area contributed by atoms with Gasteiger partial charge in [-0.05, 0) is 35.9 Å². The van der Waals surface area contributed by atoms with E-state index in [-0.39, 0.29) is 5.95 Å². The highest BCUT2D eigenvalue weighted by Crippen LogP contribution is 2.21. The monoisotopic (exact) mass is 411 g/mol. The molecule has 0 atom stereocenters. The van der Waals surface area contributed by atoms with Crippen molar-refractivity contribution in [2.24, 2.45) is 0 Å². The van der Waals surface area contributed by atoms with Gasteiger partial charge in [-0.25, -0.2) is 18.1 Å². The Hall–Kier alpha value is -1.83. The highest BCUT2D eigenvalue weighted by atomic mass is 79.9. The molecule has 0 unspecified atom stereocenters. The van der Waals surface area contributed by atoms with Gasteiger partial charge in [0.25, 0.3) is 10.0 Å². The number of sulfonamides is 1. The molecule has 0 spiro atoms. The molecular weight excluding hydrogens is 402 g/mol. The van der Waals surface area contributed by atoms with Gasteiger partial charge in [0.15, 0.2) is 0 Å². The number of fused-ring (bicyclic) bond motifs is 1. The summed E-state index contributed by atoms with van der Waals surface area (Å²) in [6.45, 7) is 0. The van der Waals surface area contributed by atoms with E-state index < -0.39 is 10.0 Å². The van der Waals surface area contributed by atoms with Gasteiger partial charge < -0.3 is 4.98 Å². The average molecular weight is 413 g/mol. The lowest BCUT2D eigenvalue weighted by molar-refractivity contribution is 0.609. The third kappa shape index (κ3) is 3.93. The van der Waals surface area contributed by atoms with Crippen LogP contribution in [0.4, 0.5) is 5.95 Å². The second-order valence-electron chi connectivity index (χ2n) is 4.72. The van der Waals surface area contributed by atoms with Crippen molar-refractivity contribution in [3.05, 3.63) is 62.9 Å². The van der Waals surface area contributed by atoms with E-state index in [2.05, 4.69) is 30.6 Å². The minimum absolute atomic E-state index is 0.155. The van der Waals surface area contributed by atoms with E-state index >= 15 is 0 Å². The lowest BCUT2D eigenvalue weighted by atomic mass is 10.2. The van der Waals surface area contributed by atoms with Gasteiger partial charge in [0, 0.05) is 9.50 Å². The lowest BCUT2D eigenvalue weighted by Gasteiger charge is -2.00. The third-order valence-corrected chi connectivity index (χ3v) is 4.82. The summed E-state index contributed by atoms with van der Waals surface area (Å²) in [4.78, 5) is 7.10. The van der Waals surface area contributed by atoms with Gasteiger partial charge in [0.05, 0.1) is 16.4 Å². The van der Waals surface area contributed by atoms with Gasteiger partial charge in [0.2, 0.25) is 5.95 Å². The summed E-state index contributed by atoms with van der Waals surface area (Å²) in [5.74, 6) is 0.155. The van der Waals surface area contributed by atoms with E-state index in [9.17, 15) is 8.42 Å². The molecule has 0 saturated heterocycles. The Morgan fingerprint density at radius 3 is 2.78 bits per heavy atom. The zero-order valence-corrected chi connectivity index (χ0v) is 14.8. The first kappa shape index (κ1) is 16.0. The van der Waals surface area contributed by atoms with Gasteiger partial charge in [0.1, 0.15) is 0 Å². The molecule has 1 aromatic heterocycles. The molecule has 0 aliphatic heterocycles. The van der Waals surface area contributed by atoms with Crippen LogP contribution in [0.2, 0.25) is 5.02 Å². The van der Waals surface area contributed by atoms with E-state index in [1.807, 2.05) is 12.1 Å². The van der Waals surface area contributed by atoms with Crippen LogP contribution in [-0.4, -0.2) is 18.4 Å². The van der Waals surface area contributed by atoms with Crippen molar-refractivity contribution in [1.29, 1.82) is 0 Å². The van der Waals surface area contributed by atoms with Crippen LogP contribution in [0.3, 0.4) is 0 Å². The number of anilines is 1. The number of halogens is 2. The van der Waals surface area contributed by atoms with Crippen molar-refractivity contribution in [2.75, 3.05) is 4.72 Å². The number of aromatic amines is 1. The molecule has 8 heteroatoms. The van der Waals surface area contributed by atoms with Crippen molar-refractivity contribution in [2.45, 2.75) is 0 Å². The summed E-state index contributed by atoms with van der Waals surface area (Å²) < 4.78 is 27.5. The first-order chi connectivity index (χ1) is 10.9. The molecule has 118 valence electrons. The average Bonchev–Trinajstić information content (AvgIpc) is 2.87. The van der Waals surface area contributed by atoms with E-state index in [4.69, 9.17) is 11.6 Å². The fourth-order valence-electron chi connectivity index (χ4n) is 1.97. The maximum Gasteiger partial charge on any atom is 0.257 e. The van der Waals surface area contributed by atoms with Gasteiger partial charge in [-0.2, -0.15) is 0 Å². The van der Waals surface area contributed by atoms with Crippen molar-refractivity contribution in [3.8, 4) is 0 Å². The number of aromatic nitrogens is 2. The van der Waals surface area contributed by atoms with Gasteiger partial charge in [-0.1, -0.05) is 45.7 Å². The fraction of sp³-hybridized carbons (Fsp3) is 0. The summed E-state index contributed by atoms with van der Waals surface area (Å²) in [5, 5.41) is 1.53. The Morgan fingerprint density at radius 1 is 1.22 bits per heavy atom. The van der Waals surface area contributed by atoms with Crippen LogP contribution in [0.5, 0.6) is 0 Å². The van der Waals surface area contributed by atoms with Crippen LogP contribution in [0.15, 0.2) is 52.3 Å². The summed E-state index contributed by atoms with van der Waals surface area (Å²) in [7, 11) is -3.70. The smallest absolute Gasteiger partial charge is 0.257 e. The van der Waals surface area contributed by atoms with Crippen molar-refractivity contribution in [1.82, 2.24) is 9.97 Å². The molecule has 2 aromatic carbocycles. The minimum Gasteiger partial charge on any atom is -0.323 e. The van der Waals surface area contributed by atoms with Crippen LogP contribution in [-0.2, 0) is 10.0 Å². The largest absolute Gasteiger partial charge is 0.323 e. The molecule has 0 fully saturated rings. The summed E-state index contributed by atoms with van der Waals surface area (Å²) in [6, 6.07) is 12.4. The minimum atomic E-state index is -3.70. The van der Waals surface area contributed by atoms with Crippen LogP contribution in [0.25, 0.3) is 17.1 Å². The molecule has 3 rings (SSSR count). The molecule has 1 heterocycles. The Balaban J connectivity index is 1.83. The fourth-order valence-corrected chi connectivity index (χ4v) is 3.29. The molecule has 0 amide bonds. The predicted molar refractivity (Wildman–Crippen MR) is 96.8 cm³/mol. The normalized spacial score (nSPS) is 12.1. The second-order valence-corrected chi connectivity index (χ2v) is 7.61. The maximum atomic E-state index is 12.1.